The summed E-state index contributed by atoms with van der Waals surface area (Å²) >= 11 is 3.65. The summed E-state index contributed by atoms with van der Waals surface area (Å²) in [5.74, 6) is 0.627. The Morgan fingerprint density at radius 3 is 2.62 bits per heavy atom. The van der Waals surface area contributed by atoms with Gasteiger partial charge >= 0.3 is 0 Å². The van der Waals surface area contributed by atoms with Gasteiger partial charge in [-0.05, 0) is 62.8 Å². The number of halogens is 1. The molecule has 1 aromatic rings. The molecule has 0 radical (unpaired) electrons. The number of benzene rings is 1. The molecule has 1 nitrogen and oxygen atoms in total. The second kappa shape index (κ2) is 3.76. The van der Waals surface area contributed by atoms with Gasteiger partial charge in [0.1, 0.15) is 0 Å². The number of fused-ring (bicyclic) bond motifs is 1. The zero-order chi connectivity index (χ0) is 12.1. The van der Waals surface area contributed by atoms with E-state index in [1.54, 1.807) is 0 Å². The molecule has 0 aliphatic carbocycles. The number of anilines is 1. The summed E-state index contributed by atoms with van der Waals surface area (Å²) in [5.41, 5.74) is 5.77. The monoisotopic (exact) mass is 281 g/mol. The third-order valence-electron chi connectivity index (χ3n) is 3.54. The molecule has 88 valence electrons. The molecule has 1 heterocycles. The first-order valence-corrected chi connectivity index (χ1v) is 6.69. The molecule has 2 heteroatoms. The molecular weight excluding hydrogens is 262 g/mol. The van der Waals surface area contributed by atoms with Gasteiger partial charge in [-0.2, -0.15) is 0 Å². The molecule has 0 saturated heterocycles. The van der Waals surface area contributed by atoms with Crippen molar-refractivity contribution in [2.45, 2.75) is 52.5 Å². The standard InChI is InChI=1S/C14H20BrN/c1-8-6-11(15)10(3)12-9(2)7-14(4,5)16-13(8)12/h6,9,16H,7H2,1-5H3. The van der Waals surface area contributed by atoms with Crippen LogP contribution in [0.4, 0.5) is 5.69 Å². The maximum absolute atomic E-state index is 3.68. The fourth-order valence-corrected chi connectivity index (χ4v) is 3.49. The number of hydrogen-bond donors (Lipinski definition) is 1. The molecule has 1 atom stereocenters. The summed E-state index contributed by atoms with van der Waals surface area (Å²) in [6.45, 7) is 11.3. The summed E-state index contributed by atoms with van der Waals surface area (Å²) in [4.78, 5) is 0. The van der Waals surface area contributed by atoms with Crippen molar-refractivity contribution in [3.05, 3.63) is 27.2 Å². The van der Waals surface area contributed by atoms with Crippen LogP contribution in [0.1, 0.15) is 49.8 Å². The van der Waals surface area contributed by atoms with Gasteiger partial charge < -0.3 is 5.32 Å². The third kappa shape index (κ3) is 1.88. The zero-order valence-electron chi connectivity index (χ0n) is 10.7. The number of hydrogen-bond acceptors (Lipinski definition) is 1. The average molecular weight is 282 g/mol. The molecule has 0 bridgehead atoms. The summed E-state index contributed by atoms with van der Waals surface area (Å²) < 4.78 is 1.23. The van der Waals surface area contributed by atoms with Gasteiger partial charge in [0.25, 0.3) is 0 Å². The Balaban J connectivity index is 2.64. The molecule has 16 heavy (non-hydrogen) atoms. The van der Waals surface area contributed by atoms with Crippen molar-refractivity contribution in [2.24, 2.45) is 0 Å². The van der Waals surface area contributed by atoms with Gasteiger partial charge in [0.2, 0.25) is 0 Å². The Kier molecular flexibility index (Phi) is 2.82. The molecule has 0 aromatic heterocycles. The first-order valence-electron chi connectivity index (χ1n) is 5.89. The van der Waals surface area contributed by atoms with Gasteiger partial charge in [0, 0.05) is 15.7 Å². The highest BCUT2D eigenvalue weighted by Crippen LogP contribution is 2.43. The Hall–Kier alpha value is -0.500. The Morgan fingerprint density at radius 2 is 2.00 bits per heavy atom. The maximum Gasteiger partial charge on any atom is 0.0412 e. The molecular formula is C14H20BrN. The molecule has 1 aliphatic heterocycles. The van der Waals surface area contributed by atoms with E-state index >= 15 is 0 Å². The predicted molar refractivity (Wildman–Crippen MR) is 74.3 cm³/mol. The number of rotatable bonds is 0. The SMILES string of the molecule is Cc1cc(Br)c(C)c2c1NC(C)(C)CC2C. The van der Waals surface area contributed by atoms with Crippen molar-refractivity contribution in [3.63, 3.8) is 0 Å². The highest BCUT2D eigenvalue weighted by Gasteiger charge is 2.31. The Labute approximate surface area is 107 Å². The fraction of sp³-hybridized carbons (Fsp3) is 0.571. The van der Waals surface area contributed by atoms with Crippen molar-refractivity contribution in [1.82, 2.24) is 0 Å². The van der Waals surface area contributed by atoms with Crippen LogP contribution >= 0.6 is 15.9 Å². The van der Waals surface area contributed by atoms with E-state index in [0.717, 1.165) is 0 Å². The minimum absolute atomic E-state index is 0.206. The smallest absolute Gasteiger partial charge is 0.0412 e. The molecule has 0 fully saturated rings. The normalized spacial score (nSPS) is 22.5. The number of nitrogens with one attached hydrogen (secondary N) is 1. The topological polar surface area (TPSA) is 12.0 Å². The first kappa shape index (κ1) is 12.0. The van der Waals surface area contributed by atoms with Crippen LogP contribution in [0.25, 0.3) is 0 Å². The van der Waals surface area contributed by atoms with E-state index in [0.29, 0.717) is 5.92 Å². The van der Waals surface area contributed by atoms with Gasteiger partial charge in [-0.1, -0.05) is 22.9 Å². The minimum Gasteiger partial charge on any atom is -0.380 e. The molecule has 1 aliphatic rings. The largest absolute Gasteiger partial charge is 0.380 e. The van der Waals surface area contributed by atoms with Gasteiger partial charge in [-0.3, -0.25) is 0 Å². The van der Waals surface area contributed by atoms with Gasteiger partial charge in [-0.25, -0.2) is 0 Å². The molecule has 0 spiro atoms. The highest BCUT2D eigenvalue weighted by molar-refractivity contribution is 9.10. The Bertz CT molecular complexity index is 435. The highest BCUT2D eigenvalue weighted by atomic mass is 79.9. The van der Waals surface area contributed by atoms with Crippen molar-refractivity contribution in [1.29, 1.82) is 0 Å². The van der Waals surface area contributed by atoms with Crippen molar-refractivity contribution < 1.29 is 0 Å². The Morgan fingerprint density at radius 1 is 1.38 bits per heavy atom. The van der Waals surface area contributed by atoms with Crippen LogP contribution in [0.15, 0.2) is 10.5 Å². The number of aryl methyl sites for hydroxylation is 1. The first-order chi connectivity index (χ1) is 7.32. The van der Waals surface area contributed by atoms with Gasteiger partial charge in [0.05, 0.1) is 0 Å². The molecule has 0 amide bonds. The van der Waals surface area contributed by atoms with Crippen LogP contribution in [0.5, 0.6) is 0 Å². The lowest BCUT2D eigenvalue weighted by Crippen LogP contribution is -2.37. The van der Waals surface area contributed by atoms with E-state index in [1.807, 2.05) is 0 Å². The second-order valence-electron chi connectivity index (χ2n) is 5.70. The molecule has 1 unspecified atom stereocenters. The lowest BCUT2D eigenvalue weighted by molar-refractivity contribution is 0.452. The fourth-order valence-electron chi connectivity index (χ4n) is 2.94. The van der Waals surface area contributed by atoms with E-state index in [-0.39, 0.29) is 5.54 Å². The van der Waals surface area contributed by atoms with Crippen LogP contribution in [0.3, 0.4) is 0 Å². The van der Waals surface area contributed by atoms with E-state index in [9.17, 15) is 0 Å². The minimum atomic E-state index is 0.206. The van der Waals surface area contributed by atoms with Crippen molar-refractivity contribution in [3.8, 4) is 0 Å². The summed E-state index contributed by atoms with van der Waals surface area (Å²) in [6.07, 6.45) is 1.19. The second-order valence-corrected chi connectivity index (χ2v) is 6.56. The van der Waals surface area contributed by atoms with Crippen LogP contribution in [0, 0.1) is 13.8 Å². The van der Waals surface area contributed by atoms with E-state index in [4.69, 9.17) is 0 Å². The summed E-state index contributed by atoms with van der Waals surface area (Å²) in [7, 11) is 0. The predicted octanol–water partition coefficient (Wildman–Crippen LogP) is 4.76. The van der Waals surface area contributed by atoms with E-state index < -0.39 is 0 Å². The molecule has 1 N–H and O–H groups in total. The van der Waals surface area contributed by atoms with Crippen LogP contribution in [0.2, 0.25) is 0 Å². The summed E-state index contributed by atoms with van der Waals surface area (Å²) in [6, 6.07) is 2.22. The van der Waals surface area contributed by atoms with Crippen molar-refractivity contribution >= 4 is 21.6 Å². The van der Waals surface area contributed by atoms with Crippen LogP contribution in [-0.4, -0.2) is 5.54 Å². The van der Waals surface area contributed by atoms with Crippen LogP contribution in [-0.2, 0) is 0 Å². The molecule has 2 rings (SSSR count). The molecule has 0 saturated carbocycles. The van der Waals surface area contributed by atoms with Crippen LogP contribution < -0.4 is 5.32 Å². The van der Waals surface area contributed by atoms with Crippen molar-refractivity contribution in [2.75, 3.05) is 5.32 Å². The quantitative estimate of drug-likeness (QED) is 0.723. The van der Waals surface area contributed by atoms with E-state index in [2.05, 4.69) is 61.9 Å². The van der Waals surface area contributed by atoms with Gasteiger partial charge in [0.15, 0.2) is 0 Å². The van der Waals surface area contributed by atoms with Gasteiger partial charge in [-0.15, -0.1) is 0 Å². The molecule has 1 aromatic carbocycles. The average Bonchev–Trinajstić information content (AvgIpc) is 2.12. The lowest BCUT2D eigenvalue weighted by Gasteiger charge is -2.39. The zero-order valence-corrected chi connectivity index (χ0v) is 12.3. The lowest BCUT2D eigenvalue weighted by atomic mass is 9.79. The van der Waals surface area contributed by atoms with E-state index in [1.165, 1.54) is 33.3 Å². The summed E-state index contributed by atoms with van der Waals surface area (Å²) in [5, 5.41) is 3.68. The third-order valence-corrected chi connectivity index (χ3v) is 4.37. The maximum atomic E-state index is 3.68.